The average Bonchev–Trinajstić information content (AvgIpc) is 3.50. The zero-order chi connectivity index (χ0) is 20.2. The number of aromatic nitrogens is 4. The highest BCUT2D eigenvalue weighted by Gasteiger charge is 2.38. The minimum Gasteiger partial charge on any atom is -0.351 e. The largest absolute Gasteiger partial charge is 0.351 e. The predicted molar refractivity (Wildman–Crippen MR) is 116 cm³/mol. The van der Waals surface area contributed by atoms with Crippen molar-refractivity contribution in [2.24, 2.45) is 0 Å². The number of halogens is 3. The molecule has 3 aromatic rings. The first-order chi connectivity index (χ1) is 14.7. The Labute approximate surface area is 184 Å². The maximum atomic E-state index is 14.9. The molecule has 0 aliphatic carbocycles. The van der Waals surface area contributed by atoms with Crippen LogP contribution in [-0.4, -0.2) is 45.1 Å². The Morgan fingerprint density at radius 2 is 1.74 bits per heavy atom. The standard InChI is InChI=1S/C22H22F2N6.ClH/c23-20-17(13-10-25-26-11-13)3-4-18(21(20)24)19-7-12-5-6-30(22(12)29-28-19)16-8-14-1-2-15(9-16)27-14;/h3-4,7,10-11,14-16,27H,1-2,5-6,8-9H2,(H,25,26);1H. The molecule has 0 saturated carbocycles. The lowest BCUT2D eigenvalue weighted by molar-refractivity contribution is 0.349. The lowest BCUT2D eigenvalue weighted by Crippen LogP contribution is -2.48. The normalized spacial score (nSPS) is 24.2. The number of hydrogen-bond donors (Lipinski definition) is 2. The van der Waals surface area contributed by atoms with Gasteiger partial charge in [0.1, 0.15) is 0 Å². The number of anilines is 1. The van der Waals surface area contributed by atoms with Crippen molar-refractivity contribution < 1.29 is 8.78 Å². The van der Waals surface area contributed by atoms with Crippen molar-refractivity contribution in [3.05, 3.63) is 47.8 Å². The zero-order valence-corrected chi connectivity index (χ0v) is 17.6. The molecule has 2 aromatic heterocycles. The highest BCUT2D eigenvalue weighted by Crippen LogP contribution is 2.37. The second kappa shape index (κ2) is 7.84. The van der Waals surface area contributed by atoms with E-state index in [9.17, 15) is 8.78 Å². The number of nitrogens with zero attached hydrogens (tertiary/aromatic N) is 4. The SMILES string of the molecule is Cl.Fc1c(-c2cn[nH]c2)ccc(-c2cc3c(nn2)N(C2CC4CCC(C2)N4)CC3)c1F. The van der Waals surface area contributed by atoms with Crippen LogP contribution in [0.25, 0.3) is 22.4 Å². The van der Waals surface area contributed by atoms with Gasteiger partial charge in [0.25, 0.3) is 0 Å². The average molecular weight is 445 g/mol. The van der Waals surface area contributed by atoms with Crippen molar-refractivity contribution in [1.82, 2.24) is 25.7 Å². The predicted octanol–water partition coefficient (Wildman–Crippen LogP) is 3.88. The number of benzene rings is 1. The Balaban J connectivity index is 0.00000204. The molecule has 9 heteroatoms. The van der Waals surface area contributed by atoms with Crippen molar-refractivity contribution in [2.45, 2.75) is 50.2 Å². The van der Waals surface area contributed by atoms with E-state index in [0.29, 0.717) is 29.4 Å². The van der Waals surface area contributed by atoms with Crippen LogP contribution in [-0.2, 0) is 6.42 Å². The molecular formula is C22H23ClF2N6. The lowest BCUT2D eigenvalue weighted by Gasteiger charge is -2.36. The third-order valence-corrected chi connectivity index (χ3v) is 6.80. The van der Waals surface area contributed by atoms with Gasteiger partial charge in [0.2, 0.25) is 0 Å². The van der Waals surface area contributed by atoms with E-state index >= 15 is 0 Å². The van der Waals surface area contributed by atoms with Gasteiger partial charge in [-0.2, -0.15) is 5.10 Å². The van der Waals surface area contributed by atoms with E-state index in [1.165, 1.54) is 25.2 Å². The number of fused-ring (bicyclic) bond motifs is 3. The van der Waals surface area contributed by atoms with Crippen LogP contribution in [0, 0.1) is 11.6 Å². The fourth-order valence-corrected chi connectivity index (χ4v) is 5.33. The van der Waals surface area contributed by atoms with E-state index in [-0.39, 0.29) is 23.5 Å². The molecule has 2 bridgehead atoms. The molecule has 2 fully saturated rings. The Morgan fingerprint density at radius 1 is 1.00 bits per heavy atom. The van der Waals surface area contributed by atoms with E-state index in [0.717, 1.165) is 37.2 Å². The van der Waals surface area contributed by atoms with Crippen LogP contribution in [0.3, 0.4) is 0 Å². The molecule has 2 atom stereocenters. The topological polar surface area (TPSA) is 69.7 Å². The molecule has 0 amide bonds. The van der Waals surface area contributed by atoms with E-state index < -0.39 is 11.6 Å². The number of aromatic amines is 1. The van der Waals surface area contributed by atoms with Crippen molar-refractivity contribution in [1.29, 1.82) is 0 Å². The fourth-order valence-electron chi connectivity index (χ4n) is 5.33. The van der Waals surface area contributed by atoms with Gasteiger partial charge in [-0.1, -0.05) is 6.07 Å². The minimum atomic E-state index is -0.910. The summed E-state index contributed by atoms with van der Waals surface area (Å²) in [6.07, 6.45) is 8.64. The third-order valence-electron chi connectivity index (χ3n) is 6.80. The smallest absolute Gasteiger partial charge is 0.168 e. The molecule has 6 nitrogen and oxygen atoms in total. The molecule has 162 valence electrons. The van der Waals surface area contributed by atoms with E-state index in [4.69, 9.17) is 0 Å². The van der Waals surface area contributed by atoms with Gasteiger partial charge < -0.3 is 10.2 Å². The third kappa shape index (κ3) is 3.38. The van der Waals surface area contributed by atoms with Crippen LogP contribution in [0.2, 0.25) is 0 Å². The summed E-state index contributed by atoms with van der Waals surface area (Å²) >= 11 is 0. The summed E-state index contributed by atoms with van der Waals surface area (Å²) in [4.78, 5) is 2.37. The number of H-pyrrole nitrogens is 1. The second-order valence-electron chi connectivity index (χ2n) is 8.56. The molecule has 5 heterocycles. The fraction of sp³-hybridized carbons (Fsp3) is 0.409. The summed E-state index contributed by atoms with van der Waals surface area (Å²) in [5, 5.41) is 18.8. The van der Waals surface area contributed by atoms with Crippen LogP contribution < -0.4 is 10.2 Å². The Bertz CT molecular complexity index is 1090. The monoisotopic (exact) mass is 444 g/mol. The molecule has 6 rings (SSSR count). The van der Waals surface area contributed by atoms with Gasteiger partial charge in [-0.15, -0.1) is 22.6 Å². The molecular weight excluding hydrogens is 422 g/mol. The second-order valence-corrected chi connectivity index (χ2v) is 8.56. The molecule has 1 aromatic carbocycles. The van der Waals surface area contributed by atoms with Gasteiger partial charge in [-0.25, -0.2) is 8.78 Å². The van der Waals surface area contributed by atoms with Gasteiger partial charge in [-0.3, -0.25) is 5.10 Å². The number of rotatable bonds is 3. The van der Waals surface area contributed by atoms with Crippen molar-refractivity contribution in [3.8, 4) is 22.4 Å². The summed E-state index contributed by atoms with van der Waals surface area (Å²) in [5.41, 5.74) is 2.24. The first-order valence-corrected chi connectivity index (χ1v) is 10.5. The van der Waals surface area contributed by atoms with Gasteiger partial charge in [0.15, 0.2) is 17.5 Å². The van der Waals surface area contributed by atoms with Gasteiger partial charge >= 0.3 is 0 Å². The molecule has 3 aliphatic rings. The summed E-state index contributed by atoms with van der Waals surface area (Å²) in [6.45, 7) is 0.911. The summed E-state index contributed by atoms with van der Waals surface area (Å²) in [5.74, 6) is -0.906. The van der Waals surface area contributed by atoms with E-state index in [1.807, 2.05) is 6.07 Å². The summed E-state index contributed by atoms with van der Waals surface area (Å²) in [7, 11) is 0. The van der Waals surface area contributed by atoms with Crippen LogP contribution >= 0.6 is 12.4 Å². The zero-order valence-electron chi connectivity index (χ0n) is 16.8. The quantitative estimate of drug-likeness (QED) is 0.641. The molecule has 0 spiro atoms. The minimum absolute atomic E-state index is 0. The number of piperidine rings is 1. The van der Waals surface area contributed by atoms with Crippen molar-refractivity contribution >= 4 is 18.2 Å². The summed E-state index contributed by atoms with van der Waals surface area (Å²) < 4.78 is 29.6. The van der Waals surface area contributed by atoms with Gasteiger partial charge in [0, 0.05) is 53.1 Å². The molecule has 3 aliphatic heterocycles. The Morgan fingerprint density at radius 3 is 2.48 bits per heavy atom. The highest BCUT2D eigenvalue weighted by molar-refractivity contribution is 5.85. The van der Waals surface area contributed by atoms with Crippen molar-refractivity contribution in [3.63, 3.8) is 0 Å². The van der Waals surface area contributed by atoms with E-state index in [1.54, 1.807) is 12.1 Å². The van der Waals surface area contributed by atoms with Crippen LogP contribution in [0.4, 0.5) is 14.6 Å². The maximum Gasteiger partial charge on any atom is 0.168 e. The van der Waals surface area contributed by atoms with Crippen molar-refractivity contribution in [2.75, 3.05) is 11.4 Å². The number of nitrogens with one attached hydrogen (secondary N) is 2. The molecule has 31 heavy (non-hydrogen) atoms. The van der Waals surface area contributed by atoms with Crippen LogP contribution in [0.1, 0.15) is 31.2 Å². The van der Waals surface area contributed by atoms with E-state index in [2.05, 4.69) is 30.6 Å². The van der Waals surface area contributed by atoms with Gasteiger partial charge in [-0.05, 0) is 44.2 Å². The van der Waals surface area contributed by atoms with Crippen LogP contribution in [0.5, 0.6) is 0 Å². The molecule has 2 unspecified atom stereocenters. The summed E-state index contributed by atoms with van der Waals surface area (Å²) in [6, 6.07) is 6.69. The molecule has 2 saturated heterocycles. The number of hydrogen-bond acceptors (Lipinski definition) is 5. The molecule has 2 N–H and O–H groups in total. The first-order valence-electron chi connectivity index (χ1n) is 10.5. The highest BCUT2D eigenvalue weighted by atomic mass is 35.5. The first kappa shape index (κ1) is 20.3. The maximum absolute atomic E-state index is 14.9. The van der Waals surface area contributed by atoms with Crippen LogP contribution in [0.15, 0.2) is 30.6 Å². The Hall–Kier alpha value is -2.58. The lowest BCUT2D eigenvalue weighted by atomic mass is 9.98. The molecule has 0 radical (unpaired) electrons. The van der Waals surface area contributed by atoms with Gasteiger partial charge in [0.05, 0.1) is 11.9 Å². The Kier molecular flexibility index (Phi) is 5.14.